The Balaban J connectivity index is 2.32. The van der Waals surface area contributed by atoms with Crippen molar-refractivity contribution in [3.8, 4) is 0 Å². The molecule has 0 aliphatic carbocycles. The van der Waals surface area contributed by atoms with Crippen LogP contribution in [0.1, 0.15) is 63.0 Å². The van der Waals surface area contributed by atoms with Gasteiger partial charge < -0.3 is 0 Å². The molecule has 0 bridgehead atoms. The SMILES string of the molecule is CCCCCCCCC(C(=O)C=O)(c1ccccc1)c1ccccc1. The van der Waals surface area contributed by atoms with Crippen molar-refractivity contribution in [1.29, 1.82) is 0 Å². The fourth-order valence-corrected chi connectivity index (χ4v) is 3.58. The maximum atomic E-state index is 12.8. The van der Waals surface area contributed by atoms with Crippen LogP contribution in [0.2, 0.25) is 0 Å². The summed E-state index contributed by atoms with van der Waals surface area (Å²) in [7, 11) is 0. The van der Waals surface area contributed by atoms with Gasteiger partial charge >= 0.3 is 0 Å². The first kappa shape index (κ1) is 19.1. The molecule has 0 amide bonds. The van der Waals surface area contributed by atoms with Gasteiger partial charge in [0.05, 0.1) is 5.41 Å². The maximum absolute atomic E-state index is 12.8. The van der Waals surface area contributed by atoms with Crippen molar-refractivity contribution >= 4 is 12.1 Å². The minimum atomic E-state index is -0.866. The van der Waals surface area contributed by atoms with Gasteiger partial charge in [0.1, 0.15) is 0 Å². The standard InChI is InChI=1S/C23H28O2/c1-2-3-4-5-6-13-18-23(22(25)19-24,20-14-9-7-10-15-20)21-16-11-8-12-17-21/h7-12,14-17,19H,2-6,13,18H2,1H3. The number of hydrogen-bond donors (Lipinski definition) is 0. The van der Waals surface area contributed by atoms with Crippen LogP contribution in [0.4, 0.5) is 0 Å². The number of carbonyl (C=O) groups excluding carboxylic acids is 2. The summed E-state index contributed by atoms with van der Waals surface area (Å²) in [5, 5.41) is 0. The van der Waals surface area contributed by atoms with Crippen LogP contribution in [0.25, 0.3) is 0 Å². The lowest BCUT2D eigenvalue weighted by Gasteiger charge is -2.32. The van der Waals surface area contributed by atoms with Crippen LogP contribution in [0.3, 0.4) is 0 Å². The molecule has 0 saturated heterocycles. The molecule has 132 valence electrons. The van der Waals surface area contributed by atoms with Crippen LogP contribution in [0.15, 0.2) is 60.7 Å². The van der Waals surface area contributed by atoms with Crippen LogP contribution in [-0.2, 0) is 15.0 Å². The van der Waals surface area contributed by atoms with Crippen LogP contribution < -0.4 is 0 Å². The molecule has 0 radical (unpaired) electrons. The molecule has 0 heterocycles. The van der Waals surface area contributed by atoms with Crippen molar-refractivity contribution in [2.24, 2.45) is 0 Å². The van der Waals surface area contributed by atoms with Gasteiger partial charge in [-0.2, -0.15) is 0 Å². The second kappa shape index (κ2) is 9.93. The second-order valence-electron chi connectivity index (χ2n) is 6.64. The molecule has 0 fully saturated rings. The molecule has 0 unspecified atom stereocenters. The third-order valence-electron chi connectivity index (χ3n) is 4.97. The molecule has 0 atom stereocenters. The summed E-state index contributed by atoms with van der Waals surface area (Å²) in [6, 6.07) is 19.5. The van der Waals surface area contributed by atoms with Gasteiger partial charge in [-0.3, -0.25) is 9.59 Å². The molecule has 25 heavy (non-hydrogen) atoms. The van der Waals surface area contributed by atoms with E-state index in [1.165, 1.54) is 25.7 Å². The smallest absolute Gasteiger partial charge is 0.210 e. The minimum Gasteiger partial charge on any atom is -0.295 e. The molecule has 2 aromatic carbocycles. The number of Topliss-reactive ketones (excluding diaryl/α,β-unsaturated/α-hetero) is 1. The van der Waals surface area contributed by atoms with Crippen LogP contribution in [-0.4, -0.2) is 12.1 Å². The van der Waals surface area contributed by atoms with E-state index in [0.29, 0.717) is 12.7 Å². The highest BCUT2D eigenvalue weighted by Crippen LogP contribution is 2.38. The monoisotopic (exact) mass is 336 g/mol. The highest BCUT2D eigenvalue weighted by atomic mass is 16.2. The molecule has 2 heteroatoms. The van der Waals surface area contributed by atoms with E-state index in [2.05, 4.69) is 6.92 Å². The summed E-state index contributed by atoms with van der Waals surface area (Å²) in [5.74, 6) is -0.349. The molecule has 2 nitrogen and oxygen atoms in total. The Morgan fingerprint density at radius 3 is 1.76 bits per heavy atom. The molecule has 0 aliphatic heterocycles. The summed E-state index contributed by atoms with van der Waals surface area (Å²) >= 11 is 0. The number of benzene rings is 2. The van der Waals surface area contributed by atoms with E-state index in [0.717, 1.165) is 24.0 Å². The number of carbonyl (C=O) groups is 2. The number of unbranched alkanes of at least 4 members (excludes halogenated alkanes) is 5. The molecule has 0 N–H and O–H groups in total. The zero-order chi connectivity index (χ0) is 18.0. The highest BCUT2D eigenvalue weighted by molar-refractivity contribution is 6.30. The fraction of sp³-hybridized carbons (Fsp3) is 0.391. The first-order valence-corrected chi connectivity index (χ1v) is 9.36. The molecular formula is C23H28O2. The molecular weight excluding hydrogens is 308 g/mol. The Morgan fingerprint density at radius 1 is 0.800 bits per heavy atom. The van der Waals surface area contributed by atoms with E-state index in [-0.39, 0.29) is 5.78 Å². The van der Waals surface area contributed by atoms with Crippen molar-refractivity contribution in [2.45, 2.75) is 57.3 Å². The van der Waals surface area contributed by atoms with Gasteiger partial charge in [-0.1, -0.05) is 106 Å². The molecule has 0 saturated carbocycles. The largest absolute Gasteiger partial charge is 0.295 e. The van der Waals surface area contributed by atoms with Crippen LogP contribution >= 0.6 is 0 Å². The zero-order valence-corrected chi connectivity index (χ0v) is 15.1. The average Bonchev–Trinajstić information content (AvgIpc) is 2.68. The van der Waals surface area contributed by atoms with Gasteiger partial charge in [-0.05, 0) is 17.5 Å². The third kappa shape index (κ3) is 4.66. The Bertz CT molecular complexity index is 607. The maximum Gasteiger partial charge on any atom is 0.210 e. The van der Waals surface area contributed by atoms with Gasteiger partial charge in [0.2, 0.25) is 5.78 Å². The number of hydrogen-bond acceptors (Lipinski definition) is 2. The molecule has 0 aromatic heterocycles. The highest BCUT2D eigenvalue weighted by Gasteiger charge is 2.40. The van der Waals surface area contributed by atoms with Gasteiger partial charge in [0, 0.05) is 0 Å². The summed E-state index contributed by atoms with van der Waals surface area (Å²) in [5.41, 5.74) is 0.952. The predicted octanol–water partition coefficient (Wildman–Crippen LogP) is 5.49. The van der Waals surface area contributed by atoms with E-state index < -0.39 is 5.41 Å². The van der Waals surface area contributed by atoms with Gasteiger partial charge in [0.25, 0.3) is 0 Å². The Labute approximate surface area is 151 Å². The number of ketones is 1. The summed E-state index contributed by atoms with van der Waals surface area (Å²) in [4.78, 5) is 24.4. The van der Waals surface area contributed by atoms with E-state index in [4.69, 9.17) is 0 Å². The van der Waals surface area contributed by atoms with Crippen molar-refractivity contribution in [1.82, 2.24) is 0 Å². The van der Waals surface area contributed by atoms with Crippen molar-refractivity contribution in [2.75, 3.05) is 0 Å². The topological polar surface area (TPSA) is 34.1 Å². The average molecular weight is 336 g/mol. The normalized spacial score (nSPS) is 11.2. The van der Waals surface area contributed by atoms with Crippen LogP contribution in [0, 0.1) is 0 Å². The van der Waals surface area contributed by atoms with Gasteiger partial charge in [-0.25, -0.2) is 0 Å². The molecule has 2 aromatic rings. The fourth-order valence-electron chi connectivity index (χ4n) is 3.58. The Kier molecular flexibility index (Phi) is 7.59. The lowest BCUT2D eigenvalue weighted by Crippen LogP contribution is -2.38. The lowest BCUT2D eigenvalue weighted by atomic mass is 9.68. The quantitative estimate of drug-likeness (QED) is 0.309. The Morgan fingerprint density at radius 2 is 1.28 bits per heavy atom. The van der Waals surface area contributed by atoms with Crippen molar-refractivity contribution in [3.63, 3.8) is 0 Å². The van der Waals surface area contributed by atoms with Crippen LogP contribution in [0.5, 0.6) is 0 Å². The van der Waals surface area contributed by atoms with Crippen molar-refractivity contribution in [3.05, 3.63) is 71.8 Å². The molecule has 0 aliphatic rings. The summed E-state index contributed by atoms with van der Waals surface area (Å²) < 4.78 is 0. The summed E-state index contributed by atoms with van der Waals surface area (Å²) in [6.45, 7) is 2.21. The van der Waals surface area contributed by atoms with Crippen molar-refractivity contribution < 1.29 is 9.59 Å². The summed E-state index contributed by atoms with van der Waals surface area (Å²) in [6.07, 6.45) is 8.10. The van der Waals surface area contributed by atoms with Gasteiger partial charge in [0.15, 0.2) is 6.29 Å². The van der Waals surface area contributed by atoms with E-state index >= 15 is 0 Å². The molecule has 2 rings (SSSR count). The Hall–Kier alpha value is -2.22. The lowest BCUT2D eigenvalue weighted by molar-refractivity contribution is -0.133. The third-order valence-corrected chi connectivity index (χ3v) is 4.97. The number of aldehydes is 1. The zero-order valence-electron chi connectivity index (χ0n) is 15.1. The second-order valence-corrected chi connectivity index (χ2v) is 6.64. The first-order chi connectivity index (χ1) is 12.3. The van der Waals surface area contributed by atoms with Gasteiger partial charge in [-0.15, -0.1) is 0 Å². The molecule has 0 spiro atoms. The first-order valence-electron chi connectivity index (χ1n) is 9.36. The van der Waals surface area contributed by atoms with E-state index in [1.54, 1.807) is 0 Å². The minimum absolute atomic E-state index is 0.349. The van der Waals surface area contributed by atoms with E-state index in [9.17, 15) is 9.59 Å². The number of rotatable bonds is 11. The van der Waals surface area contributed by atoms with E-state index in [1.807, 2.05) is 60.7 Å². The predicted molar refractivity (Wildman–Crippen MR) is 103 cm³/mol.